The van der Waals surface area contributed by atoms with Crippen LogP contribution in [0, 0.1) is 0 Å². The van der Waals surface area contributed by atoms with Crippen LogP contribution >= 0.6 is 0 Å². The zero-order chi connectivity index (χ0) is 7.82. The van der Waals surface area contributed by atoms with Crippen LogP contribution in [-0.2, 0) is 4.74 Å². The van der Waals surface area contributed by atoms with Gasteiger partial charge < -0.3 is 10.1 Å². The van der Waals surface area contributed by atoms with E-state index in [4.69, 9.17) is 12.6 Å². The van der Waals surface area contributed by atoms with Crippen molar-refractivity contribution in [3.05, 3.63) is 0 Å². The van der Waals surface area contributed by atoms with Crippen LogP contribution < -0.4 is 5.32 Å². The summed E-state index contributed by atoms with van der Waals surface area (Å²) >= 11 is 0. The second-order valence-corrected chi connectivity index (χ2v) is 1.90. The zero-order valence-electron chi connectivity index (χ0n) is 6.22. The van der Waals surface area contributed by atoms with Gasteiger partial charge in [0.25, 0.3) is 0 Å². The summed E-state index contributed by atoms with van der Waals surface area (Å²) in [6, 6.07) is 0. The number of hydrogen-bond donors (Lipinski definition) is 1. The van der Waals surface area contributed by atoms with Gasteiger partial charge in [0.05, 0.1) is 6.61 Å². The summed E-state index contributed by atoms with van der Waals surface area (Å²) in [6.45, 7) is 3.80. The molecule has 2 radical (unpaired) electrons. The van der Waals surface area contributed by atoms with Crippen LogP contribution in [0.1, 0.15) is 13.3 Å². The third kappa shape index (κ3) is 7.49. The van der Waals surface area contributed by atoms with E-state index in [1.807, 2.05) is 6.92 Å². The fourth-order valence-electron chi connectivity index (χ4n) is 0.493. The van der Waals surface area contributed by atoms with Crippen LogP contribution in [0.3, 0.4) is 0 Å². The maximum Gasteiger partial charge on any atom is 0.200 e. The number of nitrogens with one attached hydrogen (secondary N) is 1. The summed E-state index contributed by atoms with van der Waals surface area (Å²) in [6.07, 6.45) is 0.997. The molecular weight excluding hydrogens is 129 g/mol. The first-order valence-corrected chi connectivity index (χ1v) is 3.38. The molecule has 0 aromatic rings. The van der Waals surface area contributed by atoms with Crippen molar-refractivity contribution in [3.8, 4) is 0 Å². The summed E-state index contributed by atoms with van der Waals surface area (Å²) in [5.41, 5.74) is 0. The van der Waals surface area contributed by atoms with E-state index in [0.717, 1.165) is 13.0 Å². The quantitative estimate of drug-likeness (QED) is 0.441. The van der Waals surface area contributed by atoms with Gasteiger partial charge in [-0.25, -0.2) is 0 Å². The standard InChI is InChI=1S/C6H12BNO2/c1-2-4-10-5-3-8-6(7)9/h2-5H2,1H3,(H,8,9). The maximum atomic E-state index is 10.1. The summed E-state index contributed by atoms with van der Waals surface area (Å²) in [5, 5.41) is 2.42. The SMILES string of the molecule is [B]C(=O)NCCOCCC. The highest BCUT2D eigenvalue weighted by Gasteiger charge is 1.88. The Hall–Kier alpha value is -0.505. The van der Waals surface area contributed by atoms with Gasteiger partial charge in [-0.15, -0.1) is 0 Å². The lowest BCUT2D eigenvalue weighted by atomic mass is 10.1. The van der Waals surface area contributed by atoms with Gasteiger partial charge >= 0.3 is 0 Å². The van der Waals surface area contributed by atoms with E-state index in [9.17, 15) is 4.79 Å². The van der Waals surface area contributed by atoms with Crippen LogP contribution in [0.4, 0.5) is 4.79 Å². The second kappa shape index (κ2) is 6.61. The number of amides is 1. The van der Waals surface area contributed by atoms with Crippen molar-refractivity contribution in [2.24, 2.45) is 0 Å². The van der Waals surface area contributed by atoms with Crippen LogP contribution in [0.2, 0.25) is 0 Å². The minimum absolute atomic E-state index is 0.495. The van der Waals surface area contributed by atoms with Gasteiger partial charge in [-0.2, -0.15) is 0 Å². The van der Waals surface area contributed by atoms with Crippen LogP contribution in [0.25, 0.3) is 0 Å². The highest BCUT2D eigenvalue weighted by Crippen LogP contribution is 1.77. The van der Waals surface area contributed by atoms with Crippen LogP contribution in [0.5, 0.6) is 0 Å². The fourth-order valence-corrected chi connectivity index (χ4v) is 0.493. The van der Waals surface area contributed by atoms with Crippen molar-refractivity contribution in [1.29, 1.82) is 0 Å². The summed E-state index contributed by atoms with van der Waals surface area (Å²) in [4.78, 5) is 10.1. The maximum absolute atomic E-state index is 10.1. The molecule has 56 valence electrons. The summed E-state index contributed by atoms with van der Waals surface area (Å²) < 4.78 is 5.06. The molecule has 0 aromatic carbocycles. The highest BCUT2D eigenvalue weighted by atomic mass is 16.5. The molecule has 1 N–H and O–H groups in total. The molecule has 0 saturated carbocycles. The molecule has 0 aliphatic rings. The van der Waals surface area contributed by atoms with E-state index >= 15 is 0 Å². The van der Waals surface area contributed by atoms with Crippen molar-refractivity contribution in [1.82, 2.24) is 5.32 Å². The summed E-state index contributed by atoms with van der Waals surface area (Å²) in [5.74, 6) is -0.500. The van der Waals surface area contributed by atoms with E-state index < -0.39 is 5.81 Å². The number of carbonyl (C=O) groups excluding carboxylic acids is 1. The molecule has 0 bridgehead atoms. The molecule has 0 aliphatic carbocycles. The van der Waals surface area contributed by atoms with Crippen molar-refractivity contribution >= 4 is 13.7 Å². The molecule has 0 aliphatic heterocycles. The molecule has 0 spiro atoms. The zero-order valence-corrected chi connectivity index (χ0v) is 6.22. The van der Waals surface area contributed by atoms with Crippen molar-refractivity contribution < 1.29 is 9.53 Å². The van der Waals surface area contributed by atoms with Crippen molar-refractivity contribution in [3.63, 3.8) is 0 Å². The Bertz CT molecular complexity index is 97.7. The normalized spacial score (nSPS) is 9.30. The fraction of sp³-hybridized carbons (Fsp3) is 0.833. The molecule has 0 saturated heterocycles. The van der Waals surface area contributed by atoms with Gasteiger partial charge in [0, 0.05) is 13.2 Å². The van der Waals surface area contributed by atoms with Crippen LogP contribution in [0.15, 0.2) is 0 Å². The lowest BCUT2D eigenvalue weighted by Gasteiger charge is -2.02. The Morgan fingerprint density at radius 3 is 2.80 bits per heavy atom. The molecule has 3 nitrogen and oxygen atoms in total. The second-order valence-electron chi connectivity index (χ2n) is 1.90. The molecule has 0 atom stereocenters. The number of carbonyl (C=O) groups is 1. The molecule has 1 amide bonds. The topological polar surface area (TPSA) is 38.3 Å². The lowest BCUT2D eigenvalue weighted by Crippen LogP contribution is -2.25. The third-order valence-electron chi connectivity index (χ3n) is 0.894. The van der Waals surface area contributed by atoms with E-state index in [1.54, 1.807) is 0 Å². The Morgan fingerprint density at radius 2 is 2.30 bits per heavy atom. The molecule has 0 heterocycles. The minimum Gasteiger partial charge on any atom is -0.380 e. The first-order valence-electron chi connectivity index (χ1n) is 3.38. The monoisotopic (exact) mass is 141 g/mol. The molecular formula is C6H12BNO2. The van der Waals surface area contributed by atoms with Gasteiger partial charge in [0.1, 0.15) is 0 Å². The van der Waals surface area contributed by atoms with Gasteiger partial charge in [-0.1, -0.05) is 6.92 Å². The predicted octanol–water partition coefficient (Wildman–Crippen LogP) is 0.291. The molecule has 0 fully saturated rings. The number of hydrogen-bond acceptors (Lipinski definition) is 2. The number of rotatable bonds is 5. The molecule has 10 heavy (non-hydrogen) atoms. The Balaban J connectivity index is 2.84. The van der Waals surface area contributed by atoms with E-state index in [1.165, 1.54) is 0 Å². The smallest absolute Gasteiger partial charge is 0.200 e. The van der Waals surface area contributed by atoms with Gasteiger partial charge in [-0.3, -0.25) is 4.79 Å². The van der Waals surface area contributed by atoms with Gasteiger partial charge in [-0.05, 0) is 6.42 Å². The van der Waals surface area contributed by atoms with Crippen LogP contribution in [-0.4, -0.2) is 33.4 Å². The molecule has 0 unspecified atom stereocenters. The molecule has 0 aromatic heterocycles. The first-order chi connectivity index (χ1) is 4.77. The Kier molecular flexibility index (Phi) is 6.28. The Labute approximate surface area is 62.5 Å². The molecule has 0 rings (SSSR count). The van der Waals surface area contributed by atoms with Gasteiger partial charge in [0.2, 0.25) is 0 Å². The predicted molar refractivity (Wildman–Crippen MR) is 40.3 cm³/mol. The third-order valence-corrected chi connectivity index (χ3v) is 0.894. The van der Waals surface area contributed by atoms with Crippen molar-refractivity contribution in [2.75, 3.05) is 19.8 Å². The molecule has 4 heteroatoms. The first kappa shape index (κ1) is 9.49. The summed E-state index contributed by atoms with van der Waals surface area (Å²) in [7, 11) is 4.80. The lowest BCUT2D eigenvalue weighted by molar-refractivity contribution is 0.138. The van der Waals surface area contributed by atoms with Crippen molar-refractivity contribution in [2.45, 2.75) is 13.3 Å². The number of ether oxygens (including phenoxy) is 1. The van der Waals surface area contributed by atoms with E-state index in [0.29, 0.717) is 13.2 Å². The van der Waals surface area contributed by atoms with E-state index in [2.05, 4.69) is 5.32 Å². The van der Waals surface area contributed by atoms with Gasteiger partial charge in [0.15, 0.2) is 13.7 Å². The van der Waals surface area contributed by atoms with E-state index in [-0.39, 0.29) is 0 Å². The minimum atomic E-state index is -0.500. The highest BCUT2D eigenvalue weighted by molar-refractivity contribution is 6.57. The average molecular weight is 141 g/mol. The largest absolute Gasteiger partial charge is 0.380 e. The Morgan fingerprint density at radius 1 is 1.60 bits per heavy atom. The average Bonchev–Trinajstić information content (AvgIpc) is 1.87.